The minimum atomic E-state index is 0.943. The third-order valence-corrected chi connectivity index (χ3v) is 3.09. The van der Waals surface area contributed by atoms with Gasteiger partial charge in [-0.15, -0.1) is 0 Å². The van der Waals surface area contributed by atoms with Crippen molar-refractivity contribution in [3.63, 3.8) is 0 Å². The molecule has 0 aliphatic rings. The van der Waals surface area contributed by atoms with E-state index in [9.17, 15) is 0 Å². The molecular weight excluding hydrogens is 170 g/mol. The standard InChI is InChI=1S/C13H29N/c1-4-7-8-9-11-14-12-10-13(5-2)6-3/h13-14H,4-12H2,1-3H3. The van der Waals surface area contributed by atoms with Crippen LogP contribution in [0.3, 0.4) is 0 Å². The monoisotopic (exact) mass is 199 g/mol. The molecule has 0 radical (unpaired) electrons. The van der Waals surface area contributed by atoms with E-state index < -0.39 is 0 Å². The summed E-state index contributed by atoms with van der Waals surface area (Å²) in [7, 11) is 0. The van der Waals surface area contributed by atoms with Gasteiger partial charge in [0.1, 0.15) is 0 Å². The number of rotatable bonds is 10. The lowest BCUT2D eigenvalue weighted by molar-refractivity contribution is 0.436. The van der Waals surface area contributed by atoms with Gasteiger partial charge in [-0.25, -0.2) is 0 Å². The fourth-order valence-electron chi connectivity index (χ4n) is 1.80. The highest BCUT2D eigenvalue weighted by Crippen LogP contribution is 2.10. The van der Waals surface area contributed by atoms with Gasteiger partial charge in [-0.3, -0.25) is 0 Å². The largest absolute Gasteiger partial charge is 0.317 e. The Labute approximate surface area is 90.7 Å². The van der Waals surface area contributed by atoms with Crippen LogP contribution in [0.1, 0.15) is 65.7 Å². The highest BCUT2D eigenvalue weighted by Gasteiger charge is 2.01. The SMILES string of the molecule is CCCCCCNCCC(CC)CC. The maximum Gasteiger partial charge on any atom is -0.00463 e. The van der Waals surface area contributed by atoms with Crippen LogP contribution in [0.4, 0.5) is 0 Å². The summed E-state index contributed by atoms with van der Waals surface area (Å²) in [5.41, 5.74) is 0. The molecule has 0 amide bonds. The van der Waals surface area contributed by atoms with E-state index in [-0.39, 0.29) is 0 Å². The van der Waals surface area contributed by atoms with E-state index in [4.69, 9.17) is 0 Å². The Bertz CT molecular complexity index is 97.4. The molecule has 0 aliphatic carbocycles. The zero-order valence-electron chi connectivity index (χ0n) is 10.4. The van der Waals surface area contributed by atoms with Gasteiger partial charge < -0.3 is 5.32 Å². The van der Waals surface area contributed by atoms with E-state index in [1.54, 1.807) is 0 Å². The van der Waals surface area contributed by atoms with E-state index in [1.807, 2.05) is 0 Å². The zero-order valence-corrected chi connectivity index (χ0v) is 10.4. The predicted octanol–water partition coefficient (Wildman–Crippen LogP) is 3.98. The molecule has 14 heavy (non-hydrogen) atoms. The topological polar surface area (TPSA) is 12.0 Å². The van der Waals surface area contributed by atoms with Crippen LogP contribution in [-0.4, -0.2) is 13.1 Å². The van der Waals surface area contributed by atoms with E-state index in [0.717, 1.165) is 5.92 Å². The van der Waals surface area contributed by atoms with Crippen LogP contribution in [0.5, 0.6) is 0 Å². The van der Waals surface area contributed by atoms with Gasteiger partial charge in [-0.05, 0) is 31.8 Å². The fourth-order valence-corrected chi connectivity index (χ4v) is 1.80. The van der Waals surface area contributed by atoms with Crippen molar-refractivity contribution >= 4 is 0 Å². The number of hydrogen-bond donors (Lipinski definition) is 1. The molecule has 0 saturated heterocycles. The van der Waals surface area contributed by atoms with Gasteiger partial charge in [-0.2, -0.15) is 0 Å². The van der Waals surface area contributed by atoms with Crippen molar-refractivity contribution in [1.82, 2.24) is 5.32 Å². The first-order valence-electron chi connectivity index (χ1n) is 6.55. The second-order valence-electron chi connectivity index (χ2n) is 4.28. The lowest BCUT2D eigenvalue weighted by atomic mass is 10.00. The highest BCUT2D eigenvalue weighted by molar-refractivity contribution is 4.57. The Morgan fingerprint density at radius 1 is 0.857 bits per heavy atom. The molecule has 1 nitrogen and oxygen atoms in total. The van der Waals surface area contributed by atoms with E-state index in [2.05, 4.69) is 26.1 Å². The van der Waals surface area contributed by atoms with Gasteiger partial charge in [0.25, 0.3) is 0 Å². The van der Waals surface area contributed by atoms with Crippen molar-refractivity contribution in [3.05, 3.63) is 0 Å². The van der Waals surface area contributed by atoms with Crippen LogP contribution >= 0.6 is 0 Å². The minimum absolute atomic E-state index is 0.943. The lowest BCUT2D eigenvalue weighted by Crippen LogP contribution is -2.19. The first-order chi connectivity index (χ1) is 6.85. The third-order valence-electron chi connectivity index (χ3n) is 3.09. The van der Waals surface area contributed by atoms with Crippen LogP contribution in [0.25, 0.3) is 0 Å². The van der Waals surface area contributed by atoms with Gasteiger partial charge in [0.05, 0.1) is 0 Å². The first-order valence-corrected chi connectivity index (χ1v) is 6.55. The summed E-state index contributed by atoms with van der Waals surface area (Å²) < 4.78 is 0. The molecule has 0 aromatic carbocycles. The van der Waals surface area contributed by atoms with E-state index >= 15 is 0 Å². The number of unbranched alkanes of at least 4 members (excludes halogenated alkanes) is 3. The smallest absolute Gasteiger partial charge is 0.00463 e. The molecule has 0 rings (SSSR count). The number of nitrogens with one attached hydrogen (secondary N) is 1. The van der Waals surface area contributed by atoms with Crippen LogP contribution in [-0.2, 0) is 0 Å². The van der Waals surface area contributed by atoms with Crippen molar-refractivity contribution < 1.29 is 0 Å². The summed E-state index contributed by atoms with van der Waals surface area (Å²) in [5.74, 6) is 0.943. The first kappa shape index (κ1) is 14.0. The molecule has 0 fully saturated rings. The molecule has 0 spiro atoms. The third kappa shape index (κ3) is 8.55. The van der Waals surface area contributed by atoms with Gasteiger partial charge in [0.2, 0.25) is 0 Å². The Morgan fingerprint density at radius 3 is 2.14 bits per heavy atom. The second kappa shape index (κ2) is 11.0. The average Bonchev–Trinajstić information content (AvgIpc) is 2.22. The van der Waals surface area contributed by atoms with Gasteiger partial charge in [0.15, 0.2) is 0 Å². The maximum absolute atomic E-state index is 3.54. The molecule has 0 aromatic rings. The predicted molar refractivity (Wildman–Crippen MR) is 65.7 cm³/mol. The summed E-state index contributed by atoms with van der Waals surface area (Å²) in [4.78, 5) is 0. The molecule has 0 unspecified atom stereocenters. The summed E-state index contributed by atoms with van der Waals surface area (Å²) in [6, 6.07) is 0. The molecule has 1 heteroatoms. The second-order valence-corrected chi connectivity index (χ2v) is 4.28. The molecule has 86 valence electrons. The van der Waals surface area contributed by atoms with Gasteiger partial charge in [0, 0.05) is 0 Å². The fraction of sp³-hybridized carbons (Fsp3) is 1.00. The normalized spacial score (nSPS) is 11.1. The summed E-state index contributed by atoms with van der Waals surface area (Å²) >= 11 is 0. The van der Waals surface area contributed by atoms with Crippen LogP contribution in [0.2, 0.25) is 0 Å². The van der Waals surface area contributed by atoms with E-state index in [0.29, 0.717) is 0 Å². The summed E-state index contributed by atoms with van der Waals surface area (Å²) in [5, 5.41) is 3.54. The molecule has 1 N–H and O–H groups in total. The lowest BCUT2D eigenvalue weighted by Gasteiger charge is -2.12. The molecular formula is C13H29N. The minimum Gasteiger partial charge on any atom is -0.317 e. The number of hydrogen-bond acceptors (Lipinski definition) is 1. The van der Waals surface area contributed by atoms with Gasteiger partial charge in [-0.1, -0.05) is 52.9 Å². The molecule has 0 aromatic heterocycles. The van der Waals surface area contributed by atoms with Crippen LogP contribution < -0.4 is 5.32 Å². The Balaban J connectivity index is 3.04. The van der Waals surface area contributed by atoms with E-state index in [1.165, 1.54) is 58.0 Å². The zero-order chi connectivity index (χ0) is 10.6. The highest BCUT2D eigenvalue weighted by atomic mass is 14.8. The Morgan fingerprint density at radius 2 is 1.57 bits per heavy atom. The summed E-state index contributed by atoms with van der Waals surface area (Å²) in [6.07, 6.45) is 9.54. The molecule has 0 aliphatic heterocycles. The van der Waals surface area contributed by atoms with Crippen molar-refractivity contribution in [3.8, 4) is 0 Å². The van der Waals surface area contributed by atoms with Crippen LogP contribution in [0, 0.1) is 5.92 Å². The molecule has 0 saturated carbocycles. The maximum atomic E-state index is 3.54. The van der Waals surface area contributed by atoms with Crippen molar-refractivity contribution in [1.29, 1.82) is 0 Å². The van der Waals surface area contributed by atoms with Gasteiger partial charge >= 0.3 is 0 Å². The van der Waals surface area contributed by atoms with Crippen LogP contribution in [0.15, 0.2) is 0 Å². The quantitative estimate of drug-likeness (QED) is 0.525. The van der Waals surface area contributed by atoms with Crippen molar-refractivity contribution in [2.45, 2.75) is 65.7 Å². The Kier molecular flexibility index (Phi) is 11.0. The van der Waals surface area contributed by atoms with Crippen molar-refractivity contribution in [2.24, 2.45) is 5.92 Å². The summed E-state index contributed by atoms with van der Waals surface area (Å²) in [6.45, 7) is 9.31. The molecule has 0 atom stereocenters. The average molecular weight is 199 g/mol. The van der Waals surface area contributed by atoms with Crippen molar-refractivity contribution in [2.75, 3.05) is 13.1 Å². The Hall–Kier alpha value is -0.0400. The molecule has 0 bridgehead atoms. The molecule has 0 heterocycles.